The van der Waals surface area contributed by atoms with Gasteiger partial charge in [0.1, 0.15) is 0 Å². The van der Waals surface area contributed by atoms with Crippen LogP contribution in [0.5, 0.6) is 0 Å². The average Bonchev–Trinajstić information content (AvgIpc) is 2.48. The van der Waals surface area contributed by atoms with Gasteiger partial charge in [0.25, 0.3) is 0 Å². The molecule has 118 valence electrons. The Hall–Kier alpha value is -0.160. The topological polar surface area (TPSA) is 39.7 Å². The first-order valence-electron chi connectivity index (χ1n) is 8.17. The van der Waals surface area contributed by atoms with Crippen LogP contribution in [-0.2, 0) is 14.2 Å². The predicted octanol–water partition coefficient (Wildman–Crippen LogP) is 2.37. The van der Waals surface area contributed by atoms with Gasteiger partial charge in [0.2, 0.25) is 0 Å². The second kappa shape index (κ2) is 8.32. The third kappa shape index (κ3) is 4.42. The molecule has 0 amide bonds. The van der Waals surface area contributed by atoms with Crippen molar-refractivity contribution in [3.05, 3.63) is 0 Å². The van der Waals surface area contributed by atoms with Crippen LogP contribution < -0.4 is 5.32 Å². The van der Waals surface area contributed by atoms with Crippen LogP contribution in [-0.4, -0.2) is 52.2 Å². The van der Waals surface area contributed by atoms with E-state index in [2.05, 4.69) is 5.32 Å². The Morgan fingerprint density at radius 3 is 2.75 bits per heavy atom. The molecule has 4 nitrogen and oxygen atoms in total. The summed E-state index contributed by atoms with van der Waals surface area (Å²) in [5, 5.41) is 3.45. The summed E-state index contributed by atoms with van der Waals surface area (Å²) in [5.74, 6) is 0.675. The summed E-state index contributed by atoms with van der Waals surface area (Å²) in [7, 11) is 3.76. The van der Waals surface area contributed by atoms with Gasteiger partial charge in [0.15, 0.2) is 0 Å². The van der Waals surface area contributed by atoms with E-state index in [0.717, 1.165) is 19.6 Å². The molecule has 2 aliphatic rings. The van der Waals surface area contributed by atoms with Gasteiger partial charge >= 0.3 is 0 Å². The molecule has 0 aromatic carbocycles. The monoisotopic (exact) mass is 285 g/mol. The Morgan fingerprint density at radius 2 is 2.05 bits per heavy atom. The van der Waals surface area contributed by atoms with E-state index in [-0.39, 0.29) is 5.60 Å². The molecule has 1 aliphatic heterocycles. The second-order valence-electron chi connectivity index (χ2n) is 6.31. The number of nitrogens with one attached hydrogen (secondary N) is 1. The largest absolute Gasteiger partial charge is 0.382 e. The molecule has 20 heavy (non-hydrogen) atoms. The lowest BCUT2D eigenvalue weighted by atomic mass is 9.74. The van der Waals surface area contributed by atoms with E-state index in [1.54, 1.807) is 7.11 Å². The maximum Gasteiger partial charge on any atom is 0.0701 e. The van der Waals surface area contributed by atoms with E-state index in [4.69, 9.17) is 14.2 Å². The fourth-order valence-corrected chi connectivity index (χ4v) is 3.76. The molecule has 1 saturated carbocycles. The normalized spacial score (nSPS) is 27.6. The quantitative estimate of drug-likeness (QED) is 0.729. The molecule has 2 unspecified atom stereocenters. The molecular weight excluding hydrogens is 254 g/mol. The summed E-state index contributed by atoms with van der Waals surface area (Å²) in [6.45, 7) is 3.05. The van der Waals surface area contributed by atoms with Crippen LogP contribution in [0.15, 0.2) is 0 Å². The zero-order chi connectivity index (χ0) is 14.3. The van der Waals surface area contributed by atoms with Crippen LogP contribution in [0.25, 0.3) is 0 Å². The highest BCUT2D eigenvalue weighted by molar-refractivity contribution is 4.92. The zero-order valence-electron chi connectivity index (χ0n) is 13.2. The van der Waals surface area contributed by atoms with E-state index in [9.17, 15) is 0 Å². The average molecular weight is 285 g/mol. The molecule has 1 spiro atoms. The number of hydrogen-bond donors (Lipinski definition) is 1. The van der Waals surface area contributed by atoms with Crippen LogP contribution >= 0.6 is 0 Å². The van der Waals surface area contributed by atoms with Crippen molar-refractivity contribution in [2.24, 2.45) is 5.92 Å². The summed E-state index contributed by atoms with van der Waals surface area (Å²) < 4.78 is 16.9. The predicted molar refractivity (Wildman–Crippen MR) is 80.0 cm³/mol. The van der Waals surface area contributed by atoms with Gasteiger partial charge in [-0.25, -0.2) is 0 Å². The Balaban J connectivity index is 1.82. The minimum absolute atomic E-state index is 0.183. The molecule has 2 atom stereocenters. The lowest BCUT2D eigenvalue weighted by Gasteiger charge is -2.45. The first-order valence-corrected chi connectivity index (χ1v) is 8.17. The molecular formula is C16H31NO3. The molecule has 0 aromatic rings. The van der Waals surface area contributed by atoms with Crippen LogP contribution in [0.4, 0.5) is 0 Å². The highest BCUT2D eigenvalue weighted by atomic mass is 16.5. The molecule has 1 heterocycles. The molecule has 1 N–H and O–H groups in total. The van der Waals surface area contributed by atoms with E-state index < -0.39 is 0 Å². The van der Waals surface area contributed by atoms with Crippen molar-refractivity contribution in [1.82, 2.24) is 5.32 Å². The van der Waals surface area contributed by atoms with Crippen LogP contribution in [0.3, 0.4) is 0 Å². The molecule has 0 aromatic heterocycles. The first-order chi connectivity index (χ1) is 9.79. The number of rotatable bonds is 7. The molecule has 2 fully saturated rings. The Bertz CT molecular complexity index is 261. The third-order valence-corrected chi connectivity index (χ3v) is 4.96. The number of methoxy groups -OCH3 is 1. The Morgan fingerprint density at radius 1 is 1.25 bits per heavy atom. The van der Waals surface area contributed by atoms with Crippen molar-refractivity contribution in [2.45, 2.75) is 56.6 Å². The molecule has 1 saturated heterocycles. The number of likely N-dealkylation sites (N-methyl/N-ethyl adjacent to an activating group) is 1. The van der Waals surface area contributed by atoms with Crippen molar-refractivity contribution in [2.75, 3.05) is 40.6 Å². The highest BCUT2D eigenvalue weighted by Gasteiger charge is 2.40. The Labute approximate surface area is 123 Å². The maximum atomic E-state index is 6.19. The van der Waals surface area contributed by atoms with E-state index in [1.807, 2.05) is 7.05 Å². The molecule has 4 heteroatoms. The summed E-state index contributed by atoms with van der Waals surface area (Å²) >= 11 is 0. The van der Waals surface area contributed by atoms with E-state index >= 15 is 0 Å². The van der Waals surface area contributed by atoms with Crippen LogP contribution in [0.1, 0.15) is 44.9 Å². The molecule has 0 radical (unpaired) electrons. The van der Waals surface area contributed by atoms with E-state index in [1.165, 1.54) is 38.5 Å². The summed E-state index contributed by atoms with van der Waals surface area (Å²) in [6, 6.07) is 0.439. The Kier molecular flexibility index (Phi) is 6.75. The number of hydrogen-bond acceptors (Lipinski definition) is 4. The van der Waals surface area contributed by atoms with Gasteiger partial charge in [-0.3, -0.25) is 0 Å². The van der Waals surface area contributed by atoms with Crippen LogP contribution in [0, 0.1) is 5.92 Å². The molecule has 0 bridgehead atoms. The minimum Gasteiger partial charge on any atom is -0.382 e. The van der Waals surface area contributed by atoms with Gasteiger partial charge in [-0.05, 0) is 38.6 Å². The van der Waals surface area contributed by atoms with Crippen LogP contribution in [0.2, 0.25) is 0 Å². The second-order valence-corrected chi connectivity index (χ2v) is 6.31. The van der Waals surface area contributed by atoms with Crippen molar-refractivity contribution in [3.8, 4) is 0 Å². The highest BCUT2D eigenvalue weighted by Crippen LogP contribution is 2.41. The number of ether oxygens (including phenoxy) is 3. The summed E-state index contributed by atoms with van der Waals surface area (Å²) in [5.41, 5.74) is 0.183. The molecule has 2 rings (SSSR count). The van der Waals surface area contributed by atoms with Gasteiger partial charge in [0, 0.05) is 19.8 Å². The SMILES string of the molecule is CNC(COCCOC)C1CCOC2(CCCCC2)C1. The van der Waals surface area contributed by atoms with Gasteiger partial charge in [-0.1, -0.05) is 19.3 Å². The van der Waals surface area contributed by atoms with Gasteiger partial charge in [0.05, 0.1) is 25.4 Å². The lowest BCUT2D eigenvalue weighted by Crippen LogP contribution is -2.48. The zero-order valence-corrected chi connectivity index (χ0v) is 13.2. The van der Waals surface area contributed by atoms with Gasteiger partial charge < -0.3 is 19.5 Å². The molecule has 1 aliphatic carbocycles. The van der Waals surface area contributed by atoms with E-state index in [0.29, 0.717) is 25.2 Å². The van der Waals surface area contributed by atoms with Crippen molar-refractivity contribution in [3.63, 3.8) is 0 Å². The summed E-state index contributed by atoms with van der Waals surface area (Å²) in [4.78, 5) is 0. The van der Waals surface area contributed by atoms with Crippen molar-refractivity contribution >= 4 is 0 Å². The standard InChI is InChI=1S/C16H31NO3/c1-17-15(13-19-11-10-18-2)14-6-9-20-16(12-14)7-4-3-5-8-16/h14-15,17H,3-13H2,1-2H3. The smallest absolute Gasteiger partial charge is 0.0701 e. The fraction of sp³-hybridized carbons (Fsp3) is 1.00. The lowest BCUT2D eigenvalue weighted by molar-refractivity contribution is -0.124. The van der Waals surface area contributed by atoms with Gasteiger partial charge in [-0.2, -0.15) is 0 Å². The first kappa shape index (κ1) is 16.2. The fourth-order valence-electron chi connectivity index (χ4n) is 3.76. The van der Waals surface area contributed by atoms with Crippen molar-refractivity contribution in [1.29, 1.82) is 0 Å². The van der Waals surface area contributed by atoms with Crippen molar-refractivity contribution < 1.29 is 14.2 Å². The summed E-state index contributed by atoms with van der Waals surface area (Å²) in [6.07, 6.45) is 8.91. The van der Waals surface area contributed by atoms with Gasteiger partial charge in [-0.15, -0.1) is 0 Å². The maximum absolute atomic E-state index is 6.19. The minimum atomic E-state index is 0.183. The third-order valence-electron chi connectivity index (χ3n) is 4.96.